The summed E-state index contributed by atoms with van der Waals surface area (Å²) in [6.07, 6.45) is 2.30. The van der Waals surface area contributed by atoms with E-state index in [1.807, 2.05) is 13.8 Å². The van der Waals surface area contributed by atoms with Crippen LogP contribution < -0.4 is 11.1 Å². The van der Waals surface area contributed by atoms with Gasteiger partial charge in [0.15, 0.2) is 0 Å². The van der Waals surface area contributed by atoms with Gasteiger partial charge in [0, 0.05) is 25.0 Å². The molecule has 3 atom stereocenters. The highest BCUT2D eigenvalue weighted by atomic mass is 16.5. The van der Waals surface area contributed by atoms with Gasteiger partial charge in [-0.3, -0.25) is 10.1 Å². The molecule has 2 heterocycles. The Kier molecular flexibility index (Phi) is 2.49. The van der Waals surface area contributed by atoms with Crippen LogP contribution in [0.3, 0.4) is 0 Å². The van der Waals surface area contributed by atoms with E-state index in [0.717, 1.165) is 6.42 Å². The lowest BCUT2D eigenvalue weighted by molar-refractivity contribution is -0.170. The maximum Gasteiger partial charge on any atom is 0.247 e. The number of nitrogens with two attached hydrogens (primary N) is 1. The van der Waals surface area contributed by atoms with Crippen LogP contribution in [0.4, 0.5) is 5.95 Å². The van der Waals surface area contributed by atoms with Crippen LogP contribution in [0, 0.1) is 11.3 Å². The number of hydrogen-bond donors (Lipinski definition) is 2. The predicted molar refractivity (Wildman–Crippen MR) is 68.2 cm³/mol. The van der Waals surface area contributed by atoms with E-state index in [1.54, 1.807) is 7.05 Å². The van der Waals surface area contributed by atoms with E-state index in [4.69, 9.17) is 10.5 Å². The van der Waals surface area contributed by atoms with Gasteiger partial charge in [-0.2, -0.15) is 10.1 Å². The zero-order valence-electron chi connectivity index (χ0n) is 11.4. The van der Waals surface area contributed by atoms with Gasteiger partial charge in [0.2, 0.25) is 11.9 Å². The van der Waals surface area contributed by atoms with Gasteiger partial charge in [-0.05, 0) is 6.42 Å². The first-order valence-corrected chi connectivity index (χ1v) is 6.45. The summed E-state index contributed by atoms with van der Waals surface area (Å²) in [5.41, 5.74) is 5.13. The second kappa shape index (κ2) is 3.77. The summed E-state index contributed by atoms with van der Waals surface area (Å²) in [5, 5.41) is 6.69. The van der Waals surface area contributed by atoms with E-state index in [-0.39, 0.29) is 23.3 Å². The first-order chi connectivity index (χ1) is 8.89. The molecule has 3 unspecified atom stereocenters. The lowest BCUT2D eigenvalue weighted by Crippen LogP contribution is -2.79. The van der Waals surface area contributed by atoms with Crippen molar-refractivity contribution in [2.75, 3.05) is 11.9 Å². The lowest BCUT2D eigenvalue weighted by atomic mass is 9.48. The molecule has 1 amide bonds. The first-order valence-electron chi connectivity index (χ1n) is 6.45. The Bertz CT molecular complexity index is 526. The highest BCUT2D eigenvalue weighted by molar-refractivity contribution is 5.99. The van der Waals surface area contributed by atoms with Crippen LogP contribution in [0.1, 0.15) is 20.3 Å². The number of anilines is 1. The molecule has 2 fully saturated rings. The summed E-state index contributed by atoms with van der Waals surface area (Å²) >= 11 is 0. The monoisotopic (exact) mass is 265 g/mol. The average molecular weight is 265 g/mol. The Morgan fingerprint density at radius 1 is 1.63 bits per heavy atom. The summed E-state index contributed by atoms with van der Waals surface area (Å²) < 4.78 is 7.19. The Labute approximate surface area is 111 Å². The van der Waals surface area contributed by atoms with Crippen LogP contribution in [-0.2, 0) is 16.6 Å². The standard InChI is InChI=1S/C12H19N5O2/c1-11(2)8-7(4-5-19-8)12(11,13)9(18)16-10-14-6-15-17(10)3/h6-8H,4-5,13H2,1-3H3,(H,14,15,16,18). The predicted octanol–water partition coefficient (Wildman–Crippen LogP) is -0.104. The van der Waals surface area contributed by atoms with Gasteiger partial charge in [0.25, 0.3) is 0 Å². The first kappa shape index (κ1) is 12.6. The van der Waals surface area contributed by atoms with Gasteiger partial charge in [0.1, 0.15) is 11.9 Å². The number of rotatable bonds is 2. The molecule has 0 radical (unpaired) electrons. The molecule has 0 aromatic carbocycles. The fourth-order valence-electron chi connectivity index (χ4n) is 3.46. The highest BCUT2D eigenvalue weighted by Gasteiger charge is 2.71. The maximum atomic E-state index is 12.6. The van der Waals surface area contributed by atoms with Crippen molar-refractivity contribution < 1.29 is 9.53 Å². The molecule has 7 nitrogen and oxygen atoms in total. The highest BCUT2D eigenvalue weighted by Crippen LogP contribution is 2.58. The van der Waals surface area contributed by atoms with E-state index in [1.165, 1.54) is 11.0 Å². The normalized spacial score (nSPS) is 35.6. The van der Waals surface area contributed by atoms with E-state index >= 15 is 0 Å². The molecule has 1 aliphatic carbocycles. The van der Waals surface area contributed by atoms with Crippen LogP contribution in [0.2, 0.25) is 0 Å². The minimum atomic E-state index is -0.917. The van der Waals surface area contributed by atoms with Crippen LogP contribution in [0.5, 0.6) is 0 Å². The quantitative estimate of drug-likeness (QED) is 0.778. The fourth-order valence-corrected chi connectivity index (χ4v) is 3.46. The molecule has 104 valence electrons. The van der Waals surface area contributed by atoms with Crippen molar-refractivity contribution in [1.82, 2.24) is 14.8 Å². The Morgan fingerprint density at radius 2 is 2.37 bits per heavy atom. The summed E-state index contributed by atoms with van der Waals surface area (Å²) in [5.74, 6) is 0.282. The smallest absolute Gasteiger partial charge is 0.247 e. The molecule has 7 heteroatoms. The number of ether oxygens (including phenoxy) is 1. The zero-order chi connectivity index (χ0) is 13.8. The zero-order valence-corrected chi connectivity index (χ0v) is 11.4. The maximum absolute atomic E-state index is 12.6. The van der Waals surface area contributed by atoms with Crippen LogP contribution in [0.25, 0.3) is 0 Å². The molecule has 3 rings (SSSR count). The summed E-state index contributed by atoms with van der Waals surface area (Å²) in [6, 6.07) is 0. The molecule has 0 spiro atoms. The Hall–Kier alpha value is -1.47. The molecule has 1 aromatic rings. The second-order valence-corrected chi connectivity index (χ2v) is 5.94. The van der Waals surface area contributed by atoms with E-state index in [2.05, 4.69) is 15.4 Å². The van der Waals surface area contributed by atoms with Crippen molar-refractivity contribution in [3.05, 3.63) is 6.33 Å². The SMILES string of the molecule is Cn1ncnc1NC(=O)C1(N)C2CCOC2C1(C)C. The number of aryl methyl sites for hydroxylation is 1. The molecule has 1 saturated carbocycles. The van der Waals surface area contributed by atoms with Crippen molar-refractivity contribution in [2.24, 2.45) is 24.1 Å². The van der Waals surface area contributed by atoms with Gasteiger partial charge >= 0.3 is 0 Å². The van der Waals surface area contributed by atoms with Crippen molar-refractivity contribution in [1.29, 1.82) is 0 Å². The number of nitrogens with one attached hydrogen (secondary N) is 1. The van der Waals surface area contributed by atoms with E-state index in [9.17, 15) is 4.79 Å². The van der Waals surface area contributed by atoms with E-state index in [0.29, 0.717) is 12.6 Å². The Balaban J connectivity index is 1.85. The van der Waals surface area contributed by atoms with Gasteiger partial charge < -0.3 is 10.5 Å². The van der Waals surface area contributed by atoms with Gasteiger partial charge in [-0.25, -0.2) is 4.68 Å². The van der Waals surface area contributed by atoms with Gasteiger partial charge in [-0.15, -0.1) is 0 Å². The molecular formula is C12H19N5O2. The van der Waals surface area contributed by atoms with Crippen LogP contribution in [0.15, 0.2) is 6.33 Å². The summed E-state index contributed by atoms with van der Waals surface area (Å²) in [7, 11) is 1.72. The Morgan fingerprint density at radius 3 is 3.00 bits per heavy atom. The number of amides is 1. The van der Waals surface area contributed by atoms with Crippen molar-refractivity contribution in [3.63, 3.8) is 0 Å². The summed E-state index contributed by atoms with van der Waals surface area (Å²) in [6.45, 7) is 4.64. The molecule has 19 heavy (non-hydrogen) atoms. The molecule has 0 bridgehead atoms. The number of carbonyl (C=O) groups is 1. The summed E-state index contributed by atoms with van der Waals surface area (Å²) in [4.78, 5) is 16.5. The van der Waals surface area contributed by atoms with Crippen LogP contribution in [-0.4, -0.2) is 38.9 Å². The van der Waals surface area contributed by atoms with Crippen LogP contribution >= 0.6 is 0 Å². The van der Waals surface area contributed by atoms with Crippen molar-refractivity contribution in [3.8, 4) is 0 Å². The minimum absolute atomic E-state index is 0.0720. The van der Waals surface area contributed by atoms with Crippen molar-refractivity contribution in [2.45, 2.75) is 31.9 Å². The molecule has 1 aromatic heterocycles. The number of fused-ring (bicyclic) bond motifs is 1. The molecule has 3 N–H and O–H groups in total. The second-order valence-electron chi connectivity index (χ2n) is 5.94. The molecular weight excluding hydrogens is 246 g/mol. The third kappa shape index (κ3) is 1.42. The largest absolute Gasteiger partial charge is 0.377 e. The molecule has 1 aliphatic heterocycles. The van der Waals surface area contributed by atoms with Gasteiger partial charge in [0.05, 0.1) is 6.10 Å². The topological polar surface area (TPSA) is 95.1 Å². The number of nitrogens with zero attached hydrogens (tertiary/aromatic N) is 3. The molecule has 2 aliphatic rings. The number of hydrogen-bond acceptors (Lipinski definition) is 5. The fraction of sp³-hybridized carbons (Fsp3) is 0.750. The number of aromatic nitrogens is 3. The van der Waals surface area contributed by atoms with E-state index < -0.39 is 5.54 Å². The average Bonchev–Trinajstić information content (AvgIpc) is 2.97. The molecule has 1 saturated heterocycles. The third-order valence-electron chi connectivity index (χ3n) is 4.77. The van der Waals surface area contributed by atoms with Gasteiger partial charge in [-0.1, -0.05) is 13.8 Å². The lowest BCUT2D eigenvalue weighted by Gasteiger charge is -2.60. The minimum Gasteiger partial charge on any atom is -0.377 e. The number of carbonyl (C=O) groups excluding carboxylic acids is 1. The van der Waals surface area contributed by atoms with Crippen molar-refractivity contribution >= 4 is 11.9 Å². The third-order valence-corrected chi connectivity index (χ3v) is 4.77.